The Morgan fingerprint density at radius 3 is 2.07 bits per heavy atom. The molecule has 9 nitrogen and oxygen atoms in total. The summed E-state index contributed by atoms with van der Waals surface area (Å²) in [5.41, 5.74) is 1.07. The Bertz CT molecular complexity index is 1620. The summed E-state index contributed by atoms with van der Waals surface area (Å²) >= 11 is 0. The number of nitrogens with zero attached hydrogens (tertiary/aromatic N) is 1. The Morgan fingerprint density at radius 1 is 0.956 bits per heavy atom. The molecule has 45 heavy (non-hydrogen) atoms. The number of ether oxygens (including phenoxy) is 3. The van der Waals surface area contributed by atoms with Crippen molar-refractivity contribution < 1.29 is 36.6 Å². The summed E-state index contributed by atoms with van der Waals surface area (Å²) in [7, 11) is -7.20. The summed E-state index contributed by atoms with van der Waals surface area (Å²) < 4.78 is 54.9. The van der Waals surface area contributed by atoms with Crippen molar-refractivity contribution in [3.05, 3.63) is 65.7 Å². The predicted octanol–water partition coefficient (Wildman–Crippen LogP) is 4.91. The first-order chi connectivity index (χ1) is 20.8. The lowest BCUT2D eigenvalue weighted by molar-refractivity contribution is -0.158. The second-order valence-electron chi connectivity index (χ2n) is 13.4. The van der Waals surface area contributed by atoms with E-state index in [0.717, 1.165) is 5.56 Å². The van der Waals surface area contributed by atoms with E-state index in [1.54, 1.807) is 63.2 Å². The standard InChI is InChI=1S/C34H41NO8SSi/c1-11-25-27(35(26(36)12-2)44(38,39)24-20-18-22(3)19-21-24)29-30(42-34(7,8)41-29)31(43-45(9,10)33(4,5)6)28(25)40-32(37)23-16-14-13-15-17-23/h1-2,13-21,25,27-31H,3-10H3/t25-,27-,28-,29+,30+,31+/m1/s1. The smallest absolute Gasteiger partial charge is 0.338 e. The summed E-state index contributed by atoms with van der Waals surface area (Å²) in [6, 6.07) is 12.9. The molecular weight excluding hydrogens is 611 g/mol. The number of aryl methyl sites for hydroxylation is 1. The number of carbonyl (C=O) groups is 2. The van der Waals surface area contributed by atoms with Crippen molar-refractivity contribution in [2.75, 3.05) is 0 Å². The lowest BCUT2D eigenvalue weighted by Gasteiger charge is -2.50. The molecule has 2 aromatic rings. The van der Waals surface area contributed by atoms with Crippen LogP contribution in [0.3, 0.4) is 0 Å². The van der Waals surface area contributed by atoms with Crippen LogP contribution in [0.1, 0.15) is 50.5 Å². The Morgan fingerprint density at radius 2 is 1.53 bits per heavy atom. The van der Waals surface area contributed by atoms with E-state index in [4.69, 9.17) is 31.5 Å². The molecule has 0 unspecified atom stereocenters. The number of terminal acetylenes is 2. The van der Waals surface area contributed by atoms with Gasteiger partial charge in [-0.2, -0.15) is 0 Å². The van der Waals surface area contributed by atoms with Crippen LogP contribution in [0.5, 0.6) is 0 Å². The zero-order chi connectivity index (χ0) is 33.5. The summed E-state index contributed by atoms with van der Waals surface area (Å²) in [4.78, 5) is 26.9. The molecule has 2 aliphatic rings. The average molecular weight is 652 g/mol. The number of hydrogen-bond donors (Lipinski definition) is 0. The molecule has 0 N–H and O–H groups in total. The molecule has 4 rings (SSSR count). The van der Waals surface area contributed by atoms with Gasteiger partial charge in [-0.15, -0.1) is 12.8 Å². The van der Waals surface area contributed by atoms with E-state index in [1.165, 1.54) is 12.1 Å². The summed E-state index contributed by atoms with van der Waals surface area (Å²) in [6.07, 6.45) is 7.44. The molecule has 1 amide bonds. The van der Waals surface area contributed by atoms with Crippen molar-refractivity contribution in [3.63, 3.8) is 0 Å². The second-order valence-corrected chi connectivity index (χ2v) is 20.0. The number of hydrogen-bond acceptors (Lipinski definition) is 8. The van der Waals surface area contributed by atoms with Crippen molar-refractivity contribution in [2.24, 2.45) is 5.92 Å². The largest absolute Gasteiger partial charge is 0.455 e. The first-order valence-corrected chi connectivity index (χ1v) is 19.1. The Hall–Kier alpha value is -3.45. The molecule has 1 saturated carbocycles. The van der Waals surface area contributed by atoms with Crippen molar-refractivity contribution in [2.45, 2.75) is 101 Å². The Labute approximate surface area is 267 Å². The third kappa shape index (κ3) is 6.74. The molecule has 1 aliphatic heterocycles. The number of fused-ring (bicyclic) bond motifs is 1. The molecular formula is C34H41NO8SSi. The maximum absolute atomic E-state index is 14.3. The molecule has 0 bridgehead atoms. The number of carbonyl (C=O) groups excluding carboxylic acids is 2. The number of amides is 1. The van der Waals surface area contributed by atoms with Crippen molar-refractivity contribution >= 4 is 30.2 Å². The van der Waals surface area contributed by atoms with Crippen LogP contribution in [0, 0.1) is 37.5 Å². The highest BCUT2D eigenvalue weighted by Gasteiger charge is 2.64. The van der Waals surface area contributed by atoms with Gasteiger partial charge in [0.2, 0.25) is 0 Å². The maximum atomic E-state index is 14.3. The lowest BCUT2D eigenvalue weighted by atomic mass is 9.77. The van der Waals surface area contributed by atoms with Gasteiger partial charge in [-0.3, -0.25) is 4.79 Å². The van der Waals surface area contributed by atoms with Gasteiger partial charge in [0, 0.05) is 0 Å². The highest BCUT2D eigenvalue weighted by molar-refractivity contribution is 7.89. The van der Waals surface area contributed by atoms with Crippen LogP contribution < -0.4 is 0 Å². The number of sulfonamides is 1. The maximum Gasteiger partial charge on any atom is 0.338 e. The van der Waals surface area contributed by atoms with Crippen LogP contribution in [-0.4, -0.2) is 69.2 Å². The SMILES string of the molecule is C#CC(=O)N([C@@H]1[C@@H](C#C)[C@@H](OC(=O)c2ccccc2)[C@H](O[Si](C)(C)C(C)(C)C)[C@H]2OC(C)(C)O[C@H]21)S(=O)(=O)c1ccc(C)cc1. The van der Waals surface area contributed by atoms with E-state index in [9.17, 15) is 18.0 Å². The number of benzene rings is 2. The molecule has 6 atom stereocenters. The molecule has 240 valence electrons. The monoisotopic (exact) mass is 651 g/mol. The highest BCUT2D eigenvalue weighted by atomic mass is 32.2. The average Bonchev–Trinajstić information content (AvgIpc) is 3.29. The van der Waals surface area contributed by atoms with Gasteiger partial charge in [0.25, 0.3) is 10.0 Å². The fourth-order valence-electron chi connectivity index (χ4n) is 5.45. The van der Waals surface area contributed by atoms with Gasteiger partial charge in [0.15, 0.2) is 14.1 Å². The summed E-state index contributed by atoms with van der Waals surface area (Å²) in [6.45, 7) is 15.4. The fourth-order valence-corrected chi connectivity index (χ4v) is 8.30. The van der Waals surface area contributed by atoms with E-state index in [2.05, 4.69) is 26.7 Å². The minimum atomic E-state index is -4.59. The van der Waals surface area contributed by atoms with Crippen LogP contribution in [0.15, 0.2) is 59.5 Å². The van der Waals surface area contributed by atoms with E-state index < -0.39 is 72.4 Å². The molecule has 1 aliphatic carbocycles. The topological polar surface area (TPSA) is 108 Å². The third-order valence-electron chi connectivity index (χ3n) is 8.72. The van der Waals surface area contributed by atoms with Crippen molar-refractivity contribution in [1.29, 1.82) is 0 Å². The Kier molecular flexibility index (Phi) is 9.48. The fraction of sp³-hybridized carbons (Fsp3) is 0.471. The van der Waals surface area contributed by atoms with Gasteiger partial charge in [-0.05, 0) is 69.1 Å². The zero-order valence-electron chi connectivity index (χ0n) is 26.9. The third-order valence-corrected chi connectivity index (χ3v) is 15.0. The quantitative estimate of drug-likeness (QED) is 0.236. The highest BCUT2D eigenvalue weighted by Crippen LogP contribution is 2.47. The van der Waals surface area contributed by atoms with Crippen LogP contribution in [0.2, 0.25) is 18.1 Å². The van der Waals surface area contributed by atoms with E-state index in [1.807, 2.05) is 19.0 Å². The molecule has 2 aromatic carbocycles. The van der Waals surface area contributed by atoms with Gasteiger partial charge in [0.05, 0.1) is 22.4 Å². The first-order valence-electron chi connectivity index (χ1n) is 14.7. The van der Waals surface area contributed by atoms with Gasteiger partial charge in [-0.25, -0.2) is 17.5 Å². The van der Waals surface area contributed by atoms with Crippen LogP contribution in [0.25, 0.3) is 0 Å². The van der Waals surface area contributed by atoms with Crippen molar-refractivity contribution in [3.8, 4) is 24.7 Å². The van der Waals surface area contributed by atoms with Gasteiger partial charge in [0.1, 0.15) is 24.4 Å². The first kappa shape index (κ1) is 34.4. The molecule has 1 heterocycles. The Balaban J connectivity index is 1.94. The summed E-state index contributed by atoms with van der Waals surface area (Å²) in [5.74, 6) is 0.283. The van der Waals surface area contributed by atoms with Crippen molar-refractivity contribution in [1.82, 2.24) is 4.31 Å². The van der Waals surface area contributed by atoms with Crippen LogP contribution in [0.4, 0.5) is 0 Å². The molecule has 1 saturated heterocycles. The minimum absolute atomic E-state index is 0.167. The predicted molar refractivity (Wildman–Crippen MR) is 172 cm³/mol. The zero-order valence-corrected chi connectivity index (χ0v) is 28.8. The molecule has 0 radical (unpaired) electrons. The number of rotatable bonds is 7. The van der Waals surface area contributed by atoms with E-state index >= 15 is 0 Å². The van der Waals surface area contributed by atoms with Crippen LogP contribution >= 0.6 is 0 Å². The number of esters is 1. The molecule has 0 aromatic heterocycles. The normalized spacial score (nSPS) is 26.2. The van der Waals surface area contributed by atoms with Gasteiger partial charge >= 0.3 is 11.9 Å². The molecule has 0 spiro atoms. The lowest BCUT2D eigenvalue weighted by Crippen LogP contribution is -2.68. The van der Waals surface area contributed by atoms with E-state index in [-0.39, 0.29) is 15.5 Å². The van der Waals surface area contributed by atoms with Gasteiger partial charge < -0.3 is 18.6 Å². The van der Waals surface area contributed by atoms with Gasteiger partial charge in [-0.1, -0.05) is 62.6 Å². The van der Waals surface area contributed by atoms with E-state index in [0.29, 0.717) is 4.31 Å². The van der Waals surface area contributed by atoms with Crippen LogP contribution in [-0.2, 0) is 33.5 Å². The molecule has 2 fully saturated rings. The second kappa shape index (κ2) is 12.4. The molecule has 11 heteroatoms. The summed E-state index contributed by atoms with van der Waals surface area (Å²) in [5, 5.41) is -0.270. The minimum Gasteiger partial charge on any atom is -0.455 e.